The summed E-state index contributed by atoms with van der Waals surface area (Å²) in [5.74, 6) is 8.18. The van der Waals surface area contributed by atoms with Crippen molar-refractivity contribution in [3.63, 3.8) is 0 Å². The summed E-state index contributed by atoms with van der Waals surface area (Å²) in [5, 5.41) is 0. The summed E-state index contributed by atoms with van der Waals surface area (Å²) in [6.45, 7) is 6.15. The van der Waals surface area contributed by atoms with Crippen LogP contribution in [0.2, 0.25) is 0 Å². The van der Waals surface area contributed by atoms with E-state index in [1.54, 1.807) is 0 Å². The molecule has 2 rings (SSSR count). The summed E-state index contributed by atoms with van der Waals surface area (Å²) in [7, 11) is 0. The number of anilines is 1. The predicted octanol–water partition coefficient (Wildman–Crippen LogP) is 2.52. The summed E-state index contributed by atoms with van der Waals surface area (Å²) in [4.78, 5) is 8.98. The second-order valence-electron chi connectivity index (χ2n) is 5.00. The van der Waals surface area contributed by atoms with Gasteiger partial charge in [0.25, 0.3) is 0 Å². The van der Waals surface area contributed by atoms with Crippen LogP contribution in [0.4, 0.5) is 5.82 Å². The quantitative estimate of drug-likeness (QED) is 0.599. The van der Waals surface area contributed by atoms with Gasteiger partial charge in [0.2, 0.25) is 5.88 Å². The van der Waals surface area contributed by atoms with E-state index in [1.807, 2.05) is 6.92 Å². The highest BCUT2D eigenvalue weighted by Gasteiger charge is 2.28. The third-order valence-electron chi connectivity index (χ3n) is 3.21. The number of hydrogen-bond donors (Lipinski definition) is 2. The molecule has 5 nitrogen and oxygen atoms in total. The Labute approximate surface area is 108 Å². The number of aromatic nitrogens is 2. The highest BCUT2D eigenvalue weighted by Crippen LogP contribution is 2.40. The molecule has 1 saturated carbocycles. The lowest BCUT2D eigenvalue weighted by Gasteiger charge is -2.17. The molecule has 0 amide bonds. The second-order valence-corrected chi connectivity index (χ2v) is 5.00. The van der Waals surface area contributed by atoms with Crippen LogP contribution in [0.3, 0.4) is 0 Å². The number of nitrogens with one attached hydrogen (secondary N) is 1. The van der Waals surface area contributed by atoms with Crippen LogP contribution < -0.4 is 16.0 Å². The summed E-state index contributed by atoms with van der Waals surface area (Å²) in [6.07, 6.45) is 4.62. The number of rotatable bonds is 6. The molecule has 1 aliphatic rings. The van der Waals surface area contributed by atoms with Crippen LogP contribution in [0.1, 0.15) is 56.8 Å². The van der Waals surface area contributed by atoms with Crippen LogP contribution >= 0.6 is 0 Å². The maximum absolute atomic E-state index is 5.90. The number of hydrazine groups is 1. The average Bonchev–Trinajstić information content (AvgIpc) is 3.16. The van der Waals surface area contributed by atoms with Crippen molar-refractivity contribution in [1.82, 2.24) is 9.97 Å². The molecule has 1 fully saturated rings. The molecular weight excluding hydrogens is 228 g/mol. The van der Waals surface area contributed by atoms with Crippen LogP contribution in [0.15, 0.2) is 0 Å². The van der Waals surface area contributed by atoms with Crippen LogP contribution in [0.5, 0.6) is 5.88 Å². The van der Waals surface area contributed by atoms with Crippen molar-refractivity contribution in [3.05, 3.63) is 11.4 Å². The molecule has 0 saturated heterocycles. The minimum Gasteiger partial charge on any atom is -0.474 e. The van der Waals surface area contributed by atoms with Crippen molar-refractivity contribution in [2.75, 3.05) is 5.43 Å². The molecule has 18 heavy (non-hydrogen) atoms. The fourth-order valence-corrected chi connectivity index (χ4v) is 1.95. The monoisotopic (exact) mass is 250 g/mol. The zero-order valence-corrected chi connectivity index (χ0v) is 11.4. The molecule has 1 unspecified atom stereocenters. The first kappa shape index (κ1) is 13.1. The summed E-state index contributed by atoms with van der Waals surface area (Å²) >= 11 is 0. The minimum atomic E-state index is 0.168. The molecule has 1 aromatic rings. The summed E-state index contributed by atoms with van der Waals surface area (Å²) < 4.78 is 5.90. The highest BCUT2D eigenvalue weighted by molar-refractivity contribution is 5.48. The van der Waals surface area contributed by atoms with E-state index in [-0.39, 0.29) is 6.10 Å². The Bertz CT molecular complexity index is 418. The predicted molar refractivity (Wildman–Crippen MR) is 71.6 cm³/mol. The lowest BCUT2D eigenvalue weighted by Crippen LogP contribution is -2.17. The van der Waals surface area contributed by atoms with E-state index in [9.17, 15) is 0 Å². The summed E-state index contributed by atoms with van der Waals surface area (Å²) in [5.41, 5.74) is 3.51. The molecule has 0 bridgehead atoms. The molecule has 0 spiro atoms. The van der Waals surface area contributed by atoms with Crippen molar-refractivity contribution in [1.29, 1.82) is 0 Å². The molecule has 0 radical (unpaired) electrons. The molecule has 0 aliphatic heterocycles. The second kappa shape index (κ2) is 5.52. The van der Waals surface area contributed by atoms with E-state index in [1.165, 1.54) is 0 Å². The molecule has 1 aromatic heterocycles. The van der Waals surface area contributed by atoms with Gasteiger partial charge in [0.1, 0.15) is 11.6 Å². The van der Waals surface area contributed by atoms with Gasteiger partial charge in [-0.05, 0) is 33.1 Å². The average molecular weight is 250 g/mol. The lowest BCUT2D eigenvalue weighted by molar-refractivity contribution is 0.199. The third kappa shape index (κ3) is 2.90. The van der Waals surface area contributed by atoms with Crippen molar-refractivity contribution < 1.29 is 4.74 Å². The Balaban J connectivity index is 2.23. The Kier molecular flexibility index (Phi) is 4.01. The van der Waals surface area contributed by atoms with Crippen LogP contribution in [-0.2, 0) is 0 Å². The lowest BCUT2D eigenvalue weighted by atomic mass is 10.2. The number of nitrogens with two attached hydrogens (primary N) is 1. The summed E-state index contributed by atoms with van der Waals surface area (Å²) in [6, 6.07) is 0. The van der Waals surface area contributed by atoms with Gasteiger partial charge in [-0.25, -0.2) is 10.8 Å². The van der Waals surface area contributed by atoms with Crippen LogP contribution in [0, 0.1) is 6.92 Å². The molecule has 1 aliphatic carbocycles. The van der Waals surface area contributed by atoms with Gasteiger partial charge < -0.3 is 10.2 Å². The Hall–Kier alpha value is -1.36. The fraction of sp³-hybridized carbons (Fsp3) is 0.692. The van der Waals surface area contributed by atoms with Gasteiger partial charge in [0.15, 0.2) is 0 Å². The third-order valence-corrected chi connectivity index (χ3v) is 3.21. The van der Waals surface area contributed by atoms with Gasteiger partial charge in [0, 0.05) is 5.92 Å². The number of nitrogen functional groups attached to an aromatic ring is 1. The molecule has 3 N–H and O–H groups in total. The fourth-order valence-electron chi connectivity index (χ4n) is 1.95. The first-order chi connectivity index (χ1) is 8.65. The highest BCUT2D eigenvalue weighted by atomic mass is 16.5. The van der Waals surface area contributed by atoms with E-state index in [0.717, 1.165) is 37.1 Å². The maximum atomic E-state index is 5.90. The number of hydrogen-bond acceptors (Lipinski definition) is 5. The van der Waals surface area contributed by atoms with Gasteiger partial charge in [-0.2, -0.15) is 4.98 Å². The molecular formula is C13H22N4O. The normalized spacial score (nSPS) is 16.4. The smallest absolute Gasteiger partial charge is 0.222 e. The van der Waals surface area contributed by atoms with Crippen LogP contribution in [0.25, 0.3) is 0 Å². The van der Waals surface area contributed by atoms with Crippen molar-refractivity contribution in [3.8, 4) is 5.88 Å². The van der Waals surface area contributed by atoms with Gasteiger partial charge in [-0.1, -0.05) is 13.3 Å². The standard InChI is InChI=1S/C13H22N4O/c1-4-5-8(2)18-13-9(3)11(17-14)15-12(16-13)10-6-7-10/h8,10H,4-7,14H2,1-3H3,(H,15,16,17). The number of ether oxygens (including phenoxy) is 1. The first-order valence-corrected chi connectivity index (χ1v) is 6.67. The van der Waals surface area contributed by atoms with Gasteiger partial charge >= 0.3 is 0 Å². The Morgan fingerprint density at radius 1 is 1.44 bits per heavy atom. The molecule has 100 valence electrons. The van der Waals surface area contributed by atoms with Crippen molar-refractivity contribution in [2.24, 2.45) is 5.84 Å². The molecule has 1 atom stereocenters. The van der Waals surface area contributed by atoms with E-state index < -0.39 is 0 Å². The van der Waals surface area contributed by atoms with E-state index >= 15 is 0 Å². The van der Waals surface area contributed by atoms with E-state index in [2.05, 4.69) is 29.2 Å². The topological polar surface area (TPSA) is 73.1 Å². The van der Waals surface area contributed by atoms with E-state index in [0.29, 0.717) is 17.6 Å². The SMILES string of the molecule is CCCC(C)Oc1nc(C2CC2)nc(NN)c1C. The minimum absolute atomic E-state index is 0.168. The zero-order valence-electron chi connectivity index (χ0n) is 11.4. The Morgan fingerprint density at radius 2 is 2.17 bits per heavy atom. The van der Waals surface area contributed by atoms with Crippen LogP contribution in [-0.4, -0.2) is 16.1 Å². The number of nitrogens with zero attached hydrogens (tertiary/aromatic N) is 2. The maximum Gasteiger partial charge on any atom is 0.222 e. The van der Waals surface area contributed by atoms with E-state index in [4.69, 9.17) is 10.6 Å². The first-order valence-electron chi connectivity index (χ1n) is 6.67. The molecule has 5 heteroatoms. The zero-order chi connectivity index (χ0) is 13.1. The largest absolute Gasteiger partial charge is 0.474 e. The molecule has 1 heterocycles. The van der Waals surface area contributed by atoms with Gasteiger partial charge in [-0.15, -0.1) is 0 Å². The molecule has 0 aromatic carbocycles. The van der Waals surface area contributed by atoms with Crippen molar-refractivity contribution in [2.45, 2.75) is 58.5 Å². The Morgan fingerprint density at radius 3 is 2.72 bits per heavy atom. The van der Waals surface area contributed by atoms with Gasteiger partial charge in [-0.3, -0.25) is 0 Å². The van der Waals surface area contributed by atoms with Gasteiger partial charge in [0.05, 0.1) is 11.7 Å². The van der Waals surface area contributed by atoms with Crippen molar-refractivity contribution >= 4 is 5.82 Å².